The number of furan rings is 2. The van der Waals surface area contributed by atoms with Crippen molar-refractivity contribution in [2.45, 2.75) is 56.6 Å². The number of hydrogen-bond donors (Lipinski definition) is 1. The van der Waals surface area contributed by atoms with Crippen LogP contribution < -0.4 is 5.32 Å². The third kappa shape index (κ3) is 5.57. The third-order valence-electron chi connectivity index (χ3n) is 5.29. The molecule has 0 spiro atoms. The molecule has 7 nitrogen and oxygen atoms in total. The second-order valence-electron chi connectivity index (χ2n) is 8.86. The van der Waals surface area contributed by atoms with Gasteiger partial charge in [-0.3, -0.25) is 9.36 Å². The molecule has 3 heterocycles. The van der Waals surface area contributed by atoms with E-state index < -0.39 is 0 Å². The molecule has 0 aliphatic carbocycles. The van der Waals surface area contributed by atoms with Crippen LogP contribution in [-0.4, -0.2) is 25.9 Å². The number of carbonyl (C=O) groups excluding carboxylic acids is 1. The van der Waals surface area contributed by atoms with Gasteiger partial charge in [0.2, 0.25) is 5.91 Å². The van der Waals surface area contributed by atoms with Crippen molar-refractivity contribution in [3.05, 3.63) is 78.1 Å². The minimum absolute atomic E-state index is 0.0693. The summed E-state index contributed by atoms with van der Waals surface area (Å²) < 4.78 is 12.8. The minimum Gasteiger partial charge on any atom is -0.467 e. The van der Waals surface area contributed by atoms with E-state index in [1.165, 1.54) is 17.3 Å². The van der Waals surface area contributed by atoms with E-state index in [-0.39, 0.29) is 16.6 Å². The van der Waals surface area contributed by atoms with E-state index in [0.717, 1.165) is 17.1 Å². The van der Waals surface area contributed by atoms with Gasteiger partial charge in [-0.1, -0.05) is 56.8 Å². The standard InChI is InChI=1S/C25H28N4O3S/c1-17(23(30)26-15-20-7-5-13-31-20)33-24-28-27-22(29(24)16-21-8-6-14-32-21)18-9-11-19(12-10-18)25(2,3)4/h5-14,17H,15-16H2,1-4H3,(H,26,30). The van der Waals surface area contributed by atoms with Crippen molar-refractivity contribution in [2.24, 2.45) is 0 Å². The van der Waals surface area contributed by atoms with Gasteiger partial charge in [-0.15, -0.1) is 10.2 Å². The van der Waals surface area contributed by atoms with Gasteiger partial charge in [0, 0.05) is 5.56 Å². The molecule has 0 aliphatic rings. The van der Waals surface area contributed by atoms with Gasteiger partial charge in [-0.2, -0.15) is 0 Å². The Hall–Kier alpha value is -3.26. The van der Waals surface area contributed by atoms with Crippen LogP contribution in [0, 0.1) is 0 Å². The first-order chi connectivity index (χ1) is 15.8. The number of nitrogens with one attached hydrogen (secondary N) is 1. The van der Waals surface area contributed by atoms with Crippen molar-refractivity contribution in [3.8, 4) is 11.4 Å². The van der Waals surface area contributed by atoms with E-state index in [0.29, 0.717) is 24.0 Å². The number of aromatic nitrogens is 3. The van der Waals surface area contributed by atoms with E-state index in [2.05, 4.69) is 60.6 Å². The van der Waals surface area contributed by atoms with Crippen molar-refractivity contribution in [3.63, 3.8) is 0 Å². The van der Waals surface area contributed by atoms with Gasteiger partial charge in [0.05, 0.1) is 30.9 Å². The molecule has 8 heteroatoms. The van der Waals surface area contributed by atoms with Gasteiger partial charge in [0.25, 0.3) is 0 Å². The van der Waals surface area contributed by atoms with Gasteiger partial charge in [-0.25, -0.2) is 0 Å². The lowest BCUT2D eigenvalue weighted by molar-refractivity contribution is -0.120. The molecule has 4 aromatic rings. The number of thioether (sulfide) groups is 1. The highest BCUT2D eigenvalue weighted by molar-refractivity contribution is 8.00. The van der Waals surface area contributed by atoms with Crippen LogP contribution in [0.3, 0.4) is 0 Å². The van der Waals surface area contributed by atoms with Crippen molar-refractivity contribution in [1.29, 1.82) is 0 Å². The number of carbonyl (C=O) groups is 1. The maximum absolute atomic E-state index is 12.6. The normalized spacial score (nSPS) is 12.6. The zero-order chi connectivity index (χ0) is 23.4. The Bertz CT molecular complexity index is 1170. The Morgan fingerprint density at radius 1 is 1.03 bits per heavy atom. The molecule has 0 radical (unpaired) electrons. The van der Waals surface area contributed by atoms with E-state index in [9.17, 15) is 4.79 Å². The molecule has 0 saturated heterocycles. The smallest absolute Gasteiger partial charge is 0.233 e. The van der Waals surface area contributed by atoms with E-state index >= 15 is 0 Å². The summed E-state index contributed by atoms with van der Waals surface area (Å²) in [5, 5.41) is 12.1. The summed E-state index contributed by atoms with van der Waals surface area (Å²) in [5.74, 6) is 2.14. The molecular formula is C25H28N4O3S. The molecule has 0 aliphatic heterocycles. The highest BCUT2D eigenvalue weighted by atomic mass is 32.2. The fourth-order valence-electron chi connectivity index (χ4n) is 3.35. The molecule has 33 heavy (non-hydrogen) atoms. The molecule has 1 N–H and O–H groups in total. The van der Waals surface area contributed by atoms with Gasteiger partial charge in [0.15, 0.2) is 11.0 Å². The first kappa shape index (κ1) is 22.9. The summed E-state index contributed by atoms with van der Waals surface area (Å²) in [7, 11) is 0. The van der Waals surface area contributed by atoms with Crippen LogP contribution in [0.5, 0.6) is 0 Å². The molecular weight excluding hydrogens is 436 g/mol. The van der Waals surface area contributed by atoms with Crippen molar-refractivity contribution in [1.82, 2.24) is 20.1 Å². The lowest BCUT2D eigenvalue weighted by atomic mass is 9.87. The van der Waals surface area contributed by atoms with Crippen LogP contribution >= 0.6 is 11.8 Å². The first-order valence-corrected chi connectivity index (χ1v) is 11.7. The Balaban J connectivity index is 1.56. The molecule has 1 amide bonds. The maximum atomic E-state index is 12.6. The highest BCUT2D eigenvalue weighted by Gasteiger charge is 2.22. The van der Waals surface area contributed by atoms with Gasteiger partial charge < -0.3 is 14.2 Å². The molecule has 4 rings (SSSR count). The number of benzene rings is 1. The summed E-state index contributed by atoms with van der Waals surface area (Å²) in [6.45, 7) is 9.24. The van der Waals surface area contributed by atoms with E-state index in [1.54, 1.807) is 18.6 Å². The second kappa shape index (κ2) is 9.70. The Morgan fingerprint density at radius 2 is 1.70 bits per heavy atom. The summed E-state index contributed by atoms with van der Waals surface area (Å²) in [4.78, 5) is 12.6. The summed E-state index contributed by atoms with van der Waals surface area (Å²) in [5.41, 5.74) is 2.28. The summed E-state index contributed by atoms with van der Waals surface area (Å²) in [6.07, 6.45) is 3.24. The minimum atomic E-state index is -0.365. The van der Waals surface area contributed by atoms with Gasteiger partial charge in [-0.05, 0) is 42.2 Å². The van der Waals surface area contributed by atoms with Gasteiger partial charge >= 0.3 is 0 Å². The van der Waals surface area contributed by atoms with Crippen LogP contribution in [0.2, 0.25) is 0 Å². The lowest BCUT2D eigenvalue weighted by Crippen LogP contribution is -2.30. The fraction of sp³-hybridized carbons (Fsp3) is 0.320. The predicted molar refractivity (Wildman–Crippen MR) is 128 cm³/mol. The Morgan fingerprint density at radius 3 is 2.30 bits per heavy atom. The molecule has 0 saturated carbocycles. The van der Waals surface area contributed by atoms with Crippen LogP contribution in [-0.2, 0) is 23.3 Å². The second-order valence-corrected chi connectivity index (χ2v) is 10.2. The molecule has 0 fully saturated rings. The van der Waals surface area contributed by atoms with Gasteiger partial charge in [0.1, 0.15) is 11.5 Å². The summed E-state index contributed by atoms with van der Waals surface area (Å²) >= 11 is 1.37. The average molecular weight is 465 g/mol. The topological polar surface area (TPSA) is 86.1 Å². The molecule has 1 aromatic carbocycles. The summed E-state index contributed by atoms with van der Waals surface area (Å²) in [6, 6.07) is 15.8. The SMILES string of the molecule is CC(Sc1nnc(-c2ccc(C(C)(C)C)cc2)n1Cc1ccco1)C(=O)NCc1ccco1. The van der Waals surface area contributed by atoms with Crippen molar-refractivity contribution >= 4 is 17.7 Å². The average Bonchev–Trinajstić information content (AvgIpc) is 3.55. The van der Waals surface area contributed by atoms with Crippen molar-refractivity contribution in [2.75, 3.05) is 0 Å². The molecule has 172 valence electrons. The number of hydrogen-bond acceptors (Lipinski definition) is 6. The van der Waals surface area contributed by atoms with Crippen LogP contribution in [0.25, 0.3) is 11.4 Å². The zero-order valence-electron chi connectivity index (χ0n) is 19.2. The van der Waals surface area contributed by atoms with Crippen molar-refractivity contribution < 1.29 is 13.6 Å². The number of amides is 1. The molecule has 3 aromatic heterocycles. The molecule has 0 bridgehead atoms. The molecule has 1 atom stereocenters. The van der Waals surface area contributed by atoms with Crippen LogP contribution in [0.15, 0.2) is 75.0 Å². The largest absolute Gasteiger partial charge is 0.467 e. The van der Waals surface area contributed by atoms with Crippen LogP contribution in [0.1, 0.15) is 44.8 Å². The monoisotopic (exact) mass is 464 g/mol. The third-order valence-corrected chi connectivity index (χ3v) is 6.37. The zero-order valence-corrected chi connectivity index (χ0v) is 20.1. The Labute approximate surface area is 197 Å². The first-order valence-electron chi connectivity index (χ1n) is 10.8. The van der Waals surface area contributed by atoms with E-state index in [1.807, 2.05) is 29.7 Å². The number of nitrogens with zero attached hydrogens (tertiary/aromatic N) is 3. The highest BCUT2D eigenvalue weighted by Crippen LogP contribution is 2.30. The van der Waals surface area contributed by atoms with Crippen LogP contribution in [0.4, 0.5) is 0 Å². The predicted octanol–water partition coefficient (Wildman–Crippen LogP) is 5.27. The lowest BCUT2D eigenvalue weighted by Gasteiger charge is -2.19. The molecule has 1 unspecified atom stereocenters. The Kier molecular flexibility index (Phi) is 6.74. The van der Waals surface area contributed by atoms with E-state index in [4.69, 9.17) is 8.83 Å². The quantitative estimate of drug-likeness (QED) is 0.357. The maximum Gasteiger partial charge on any atom is 0.233 e. The number of rotatable bonds is 8. The fourth-order valence-corrected chi connectivity index (χ4v) is 4.23.